The number of benzene rings is 2. The SMILES string of the molecule is COC(=O)C1=C(C)N=c2s/c(=C\c3c(C)nn(-c4ccccc4)c3C)c(=O)n2[C@H]1c1ccc(N(C)C)cc1. The summed E-state index contributed by atoms with van der Waals surface area (Å²) in [6.45, 7) is 5.71. The number of nitrogens with zero attached hydrogens (tertiary/aromatic N) is 5. The number of allylic oxidation sites excluding steroid dienone is 1. The van der Waals surface area contributed by atoms with Crippen molar-refractivity contribution in [3.8, 4) is 5.69 Å². The van der Waals surface area contributed by atoms with Gasteiger partial charge in [0.25, 0.3) is 5.56 Å². The van der Waals surface area contributed by atoms with Crippen LogP contribution in [0.2, 0.25) is 0 Å². The van der Waals surface area contributed by atoms with Crippen LogP contribution >= 0.6 is 11.3 Å². The number of ether oxygens (including phenoxy) is 1. The lowest BCUT2D eigenvalue weighted by atomic mass is 9.95. The van der Waals surface area contributed by atoms with E-state index in [0.717, 1.165) is 33.9 Å². The number of aryl methyl sites for hydroxylation is 1. The first-order chi connectivity index (χ1) is 18.2. The number of aromatic nitrogens is 3. The highest BCUT2D eigenvalue weighted by Gasteiger charge is 2.33. The number of hydrogen-bond acceptors (Lipinski definition) is 7. The number of carbonyl (C=O) groups excluding carboxylic acids is 1. The van der Waals surface area contributed by atoms with E-state index < -0.39 is 12.0 Å². The Labute approximate surface area is 224 Å². The zero-order valence-electron chi connectivity index (χ0n) is 22.2. The second-order valence-electron chi connectivity index (χ2n) is 9.39. The third-order valence-electron chi connectivity index (χ3n) is 6.78. The number of rotatable bonds is 5. The molecule has 2 aromatic carbocycles. The lowest BCUT2D eigenvalue weighted by Crippen LogP contribution is -2.39. The summed E-state index contributed by atoms with van der Waals surface area (Å²) < 4.78 is 9.12. The fourth-order valence-electron chi connectivity index (χ4n) is 4.78. The zero-order valence-corrected chi connectivity index (χ0v) is 23.0. The van der Waals surface area contributed by atoms with Gasteiger partial charge in [-0.05, 0) is 56.7 Å². The zero-order chi connectivity index (χ0) is 27.1. The van der Waals surface area contributed by atoms with Gasteiger partial charge >= 0.3 is 5.97 Å². The monoisotopic (exact) mass is 527 g/mol. The average Bonchev–Trinajstić information content (AvgIpc) is 3.38. The molecule has 5 rings (SSSR count). The van der Waals surface area contributed by atoms with Gasteiger partial charge in [-0.2, -0.15) is 5.10 Å². The molecule has 194 valence electrons. The number of thiazole rings is 1. The molecular weight excluding hydrogens is 498 g/mol. The Balaban J connectivity index is 1.70. The van der Waals surface area contributed by atoms with Crippen LogP contribution in [0.5, 0.6) is 0 Å². The summed E-state index contributed by atoms with van der Waals surface area (Å²) in [7, 11) is 5.27. The van der Waals surface area contributed by atoms with Crippen LogP contribution in [0, 0.1) is 13.8 Å². The van der Waals surface area contributed by atoms with Crippen molar-refractivity contribution in [2.75, 3.05) is 26.1 Å². The third kappa shape index (κ3) is 4.28. The molecule has 0 amide bonds. The highest BCUT2D eigenvalue weighted by molar-refractivity contribution is 7.07. The first-order valence-electron chi connectivity index (χ1n) is 12.2. The van der Waals surface area contributed by atoms with E-state index in [2.05, 4.69) is 4.99 Å². The Morgan fingerprint density at radius 2 is 1.74 bits per heavy atom. The van der Waals surface area contributed by atoms with E-state index in [1.807, 2.05) is 98.2 Å². The molecule has 1 aliphatic heterocycles. The largest absolute Gasteiger partial charge is 0.466 e. The van der Waals surface area contributed by atoms with Crippen LogP contribution in [0.25, 0.3) is 11.8 Å². The van der Waals surface area contributed by atoms with Gasteiger partial charge < -0.3 is 9.64 Å². The Bertz CT molecular complexity index is 1740. The van der Waals surface area contributed by atoms with Gasteiger partial charge in [0.15, 0.2) is 4.80 Å². The standard InChI is InChI=1S/C29H29N5O3S/c1-17-23(19(3)34(31-17)22-10-8-7-9-11-22)16-24-27(35)33-26(20-12-14-21(15-13-20)32(4)5)25(28(36)37-6)18(2)30-29(33)38-24/h7-16,26H,1-6H3/b24-16-/t26-/m0/s1. The van der Waals surface area contributed by atoms with E-state index in [4.69, 9.17) is 9.84 Å². The van der Waals surface area contributed by atoms with Gasteiger partial charge in [-0.3, -0.25) is 9.36 Å². The van der Waals surface area contributed by atoms with Crippen molar-refractivity contribution in [1.82, 2.24) is 14.3 Å². The molecule has 0 saturated carbocycles. The maximum Gasteiger partial charge on any atom is 0.338 e. The van der Waals surface area contributed by atoms with Gasteiger partial charge in [-0.1, -0.05) is 41.7 Å². The quantitative estimate of drug-likeness (QED) is 0.372. The molecule has 38 heavy (non-hydrogen) atoms. The summed E-state index contributed by atoms with van der Waals surface area (Å²) >= 11 is 1.31. The Hall–Kier alpha value is -4.24. The van der Waals surface area contributed by atoms with Crippen LogP contribution in [0.4, 0.5) is 5.69 Å². The number of hydrogen-bond donors (Lipinski definition) is 0. The average molecular weight is 528 g/mol. The van der Waals surface area contributed by atoms with Crippen LogP contribution in [0.15, 0.2) is 75.7 Å². The Morgan fingerprint density at radius 3 is 2.37 bits per heavy atom. The molecule has 1 aliphatic rings. The van der Waals surface area contributed by atoms with Crippen molar-refractivity contribution in [3.63, 3.8) is 0 Å². The minimum atomic E-state index is -0.647. The van der Waals surface area contributed by atoms with E-state index >= 15 is 0 Å². The summed E-state index contributed by atoms with van der Waals surface area (Å²) in [5, 5.41) is 4.72. The molecule has 0 aliphatic carbocycles. The van der Waals surface area contributed by atoms with Crippen molar-refractivity contribution >= 4 is 29.1 Å². The molecule has 9 heteroatoms. The fraction of sp³-hybridized carbons (Fsp3) is 0.241. The van der Waals surface area contributed by atoms with Gasteiger partial charge in [0.2, 0.25) is 0 Å². The molecule has 1 atom stereocenters. The molecule has 4 aromatic rings. The van der Waals surface area contributed by atoms with Gasteiger partial charge in [-0.15, -0.1) is 0 Å². The molecular formula is C29H29N5O3S. The van der Waals surface area contributed by atoms with Crippen LogP contribution in [-0.4, -0.2) is 41.5 Å². The van der Waals surface area contributed by atoms with Gasteiger partial charge in [0.05, 0.1) is 40.3 Å². The van der Waals surface area contributed by atoms with Gasteiger partial charge in [0.1, 0.15) is 0 Å². The summed E-state index contributed by atoms with van der Waals surface area (Å²) in [4.78, 5) is 34.0. The third-order valence-corrected chi connectivity index (χ3v) is 7.76. The Kier molecular flexibility index (Phi) is 6.62. The van der Waals surface area contributed by atoms with E-state index in [1.54, 1.807) is 11.5 Å². The number of para-hydroxylation sites is 1. The fourth-order valence-corrected chi connectivity index (χ4v) is 5.81. The maximum absolute atomic E-state index is 13.9. The molecule has 3 heterocycles. The molecule has 8 nitrogen and oxygen atoms in total. The van der Waals surface area contributed by atoms with Crippen LogP contribution in [0.3, 0.4) is 0 Å². The Morgan fingerprint density at radius 1 is 1.05 bits per heavy atom. The van der Waals surface area contributed by atoms with E-state index in [0.29, 0.717) is 20.6 Å². The lowest BCUT2D eigenvalue weighted by Gasteiger charge is -2.25. The second kappa shape index (κ2) is 9.90. The maximum atomic E-state index is 13.9. The van der Waals surface area contributed by atoms with Gasteiger partial charge in [-0.25, -0.2) is 14.5 Å². The summed E-state index contributed by atoms with van der Waals surface area (Å²) in [5.41, 5.74) is 6.09. The van der Waals surface area contributed by atoms with Crippen molar-refractivity contribution in [1.29, 1.82) is 0 Å². The minimum Gasteiger partial charge on any atom is -0.466 e. The van der Waals surface area contributed by atoms with Crippen LogP contribution in [-0.2, 0) is 9.53 Å². The topological polar surface area (TPSA) is 81.7 Å². The van der Waals surface area contributed by atoms with Crippen molar-refractivity contribution in [3.05, 3.63) is 108 Å². The summed E-state index contributed by atoms with van der Waals surface area (Å²) in [6.07, 6.45) is 1.88. The van der Waals surface area contributed by atoms with Crippen LogP contribution < -0.4 is 19.8 Å². The number of fused-ring (bicyclic) bond motifs is 1. The molecule has 0 spiro atoms. The normalized spacial score (nSPS) is 15.3. The first kappa shape index (κ1) is 25.4. The first-order valence-corrected chi connectivity index (χ1v) is 13.0. The molecule has 2 aromatic heterocycles. The summed E-state index contributed by atoms with van der Waals surface area (Å²) in [5.74, 6) is -0.502. The number of carbonyl (C=O) groups is 1. The van der Waals surface area contributed by atoms with Crippen molar-refractivity contribution in [2.45, 2.75) is 26.8 Å². The number of anilines is 1. The molecule has 0 radical (unpaired) electrons. The van der Waals surface area contributed by atoms with E-state index in [1.165, 1.54) is 18.4 Å². The minimum absolute atomic E-state index is 0.212. The summed E-state index contributed by atoms with van der Waals surface area (Å²) in [6, 6.07) is 17.1. The van der Waals surface area contributed by atoms with Crippen molar-refractivity contribution < 1.29 is 9.53 Å². The highest BCUT2D eigenvalue weighted by Crippen LogP contribution is 2.31. The predicted octanol–water partition coefficient (Wildman–Crippen LogP) is 3.28. The second-order valence-corrected chi connectivity index (χ2v) is 10.4. The molecule has 0 unspecified atom stereocenters. The lowest BCUT2D eigenvalue weighted by molar-refractivity contribution is -0.136. The highest BCUT2D eigenvalue weighted by atomic mass is 32.1. The smallest absolute Gasteiger partial charge is 0.338 e. The molecule has 0 N–H and O–H groups in total. The van der Waals surface area contributed by atoms with Crippen LogP contribution in [0.1, 0.15) is 35.5 Å². The van der Waals surface area contributed by atoms with E-state index in [9.17, 15) is 9.59 Å². The number of methoxy groups -OCH3 is 1. The molecule has 0 fully saturated rings. The van der Waals surface area contributed by atoms with Crippen molar-refractivity contribution in [2.24, 2.45) is 4.99 Å². The molecule has 0 saturated heterocycles. The van der Waals surface area contributed by atoms with Gasteiger partial charge in [0, 0.05) is 31.0 Å². The molecule has 0 bridgehead atoms. The predicted molar refractivity (Wildman–Crippen MR) is 150 cm³/mol. The number of esters is 1. The van der Waals surface area contributed by atoms with E-state index in [-0.39, 0.29) is 5.56 Å².